The second-order valence-electron chi connectivity index (χ2n) is 2.75. The van der Waals surface area contributed by atoms with Crippen LogP contribution < -0.4 is 0 Å². The second-order valence-corrected chi connectivity index (χ2v) is 2.75. The van der Waals surface area contributed by atoms with Gasteiger partial charge in [-0.2, -0.15) is 0 Å². The van der Waals surface area contributed by atoms with Gasteiger partial charge in [0.15, 0.2) is 0 Å². The van der Waals surface area contributed by atoms with Gasteiger partial charge in [-0.15, -0.1) is 0 Å². The lowest BCUT2D eigenvalue weighted by atomic mass is 10.1. The maximum absolute atomic E-state index is 5.50. The molecule has 1 atom stereocenters. The first kappa shape index (κ1) is 6.47. The quantitative estimate of drug-likeness (QED) is 0.509. The van der Waals surface area contributed by atoms with Crippen LogP contribution in [0.25, 0.3) is 0 Å². The first-order valence-corrected chi connectivity index (χ1v) is 3.76. The molecule has 2 bridgehead atoms. The van der Waals surface area contributed by atoms with Crippen LogP contribution in [0.2, 0.25) is 0 Å². The molecular formula is C10H10O. The molecule has 0 amide bonds. The summed E-state index contributed by atoms with van der Waals surface area (Å²) in [6.45, 7) is 1.98. The molecule has 1 unspecified atom stereocenters. The molecule has 1 heterocycles. The number of allylic oxidation sites excluding steroid dienone is 6. The average molecular weight is 146 g/mol. The molecule has 0 aromatic heterocycles. The summed E-state index contributed by atoms with van der Waals surface area (Å²) in [7, 11) is 0. The van der Waals surface area contributed by atoms with Crippen molar-refractivity contribution in [3.05, 3.63) is 47.8 Å². The molecule has 1 aliphatic carbocycles. The van der Waals surface area contributed by atoms with Crippen molar-refractivity contribution in [3.8, 4) is 0 Å². The van der Waals surface area contributed by atoms with Crippen LogP contribution in [0.15, 0.2) is 47.8 Å². The zero-order valence-electron chi connectivity index (χ0n) is 6.45. The molecule has 0 spiro atoms. The molecular weight excluding hydrogens is 136 g/mol. The Hall–Kier alpha value is -1.24. The van der Waals surface area contributed by atoms with Gasteiger partial charge in [0, 0.05) is 0 Å². The molecule has 0 fully saturated rings. The molecule has 0 radical (unpaired) electrons. The zero-order chi connectivity index (χ0) is 7.68. The lowest BCUT2D eigenvalue weighted by Crippen LogP contribution is -2.08. The van der Waals surface area contributed by atoms with Crippen LogP contribution in [-0.2, 0) is 4.74 Å². The molecule has 1 heteroatoms. The molecule has 11 heavy (non-hydrogen) atoms. The van der Waals surface area contributed by atoms with E-state index in [0.717, 1.165) is 5.76 Å². The summed E-state index contributed by atoms with van der Waals surface area (Å²) in [4.78, 5) is 0. The first-order valence-electron chi connectivity index (χ1n) is 3.76. The monoisotopic (exact) mass is 146 g/mol. The molecule has 0 N–H and O–H groups in total. The summed E-state index contributed by atoms with van der Waals surface area (Å²) in [6.07, 6.45) is 12.5. The van der Waals surface area contributed by atoms with Gasteiger partial charge in [0.25, 0.3) is 0 Å². The van der Waals surface area contributed by atoms with Crippen LogP contribution in [0.5, 0.6) is 0 Å². The van der Waals surface area contributed by atoms with E-state index >= 15 is 0 Å². The van der Waals surface area contributed by atoms with E-state index < -0.39 is 0 Å². The van der Waals surface area contributed by atoms with Crippen molar-refractivity contribution >= 4 is 0 Å². The van der Waals surface area contributed by atoms with Crippen LogP contribution in [0, 0.1) is 0 Å². The Morgan fingerprint density at radius 1 is 1.36 bits per heavy atom. The third-order valence-electron chi connectivity index (χ3n) is 1.75. The van der Waals surface area contributed by atoms with Gasteiger partial charge in [0.2, 0.25) is 0 Å². The van der Waals surface area contributed by atoms with Crippen molar-refractivity contribution < 1.29 is 4.74 Å². The van der Waals surface area contributed by atoms with Gasteiger partial charge in [0.05, 0.1) is 5.76 Å². The molecule has 2 aliphatic rings. The molecule has 1 nitrogen and oxygen atoms in total. The standard InChI is InChI=1S/C10H10O/c1-8-6-9-4-2-3-5-10(7-9)11-8/h2-7,10H,1H3. The second kappa shape index (κ2) is 2.42. The molecule has 0 aromatic rings. The summed E-state index contributed by atoms with van der Waals surface area (Å²) < 4.78 is 5.50. The number of hydrogen-bond acceptors (Lipinski definition) is 1. The highest BCUT2D eigenvalue weighted by molar-refractivity contribution is 5.39. The Morgan fingerprint density at radius 2 is 2.27 bits per heavy atom. The van der Waals surface area contributed by atoms with Crippen LogP contribution >= 0.6 is 0 Å². The lowest BCUT2D eigenvalue weighted by Gasteiger charge is -2.16. The minimum atomic E-state index is 0.144. The van der Waals surface area contributed by atoms with E-state index in [9.17, 15) is 0 Å². The maximum Gasteiger partial charge on any atom is 0.136 e. The molecule has 1 aliphatic heterocycles. The van der Waals surface area contributed by atoms with Crippen LogP contribution in [0.1, 0.15) is 6.92 Å². The fraction of sp³-hybridized carbons (Fsp3) is 0.200. The zero-order valence-corrected chi connectivity index (χ0v) is 6.45. The number of rotatable bonds is 0. The number of fused-ring (bicyclic) bond motifs is 1. The van der Waals surface area contributed by atoms with E-state index in [2.05, 4.69) is 12.2 Å². The highest BCUT2D eigenvalue weighted by Gasteiger charge is 2.09. The molecule has 56 valence electrons. The van der Waals surface area contributed by atoms with Gasteiger partial charge in [-0.1, -0.05) is 18.2 Å². The average Bonchev–Trinajstić information content (AvgIpc) is 2.11. The van der Waals surface area contributed by atoms with Crippen molar-refractivity contribution in [2.24, 2.45) is 0 Å². The Morgan fingerprint density at radius 3 is 3.18 bits per heavy atom. The van der Waals surface area contributed by atoms with Crippen LogP contribution in [-0.4, -0.2) is 6.10 Å². The minimum absolute atomic E-state index is 0.144. The number of hydrogen-bond donors (Lipinski definition) is 0. The van der Waals surface area contributed by atoms with Gasteiger partial charge >= 0.3 is 0 Å². The summed E-state index contributed by atoms with van der Waals surface area (Å²) in [6, 6.07) is 0. The van der Waals surface area contributed by atoms with Crippen molar-refractivity contribution in [1.29, 1.82) is 0 Å². The smallest absolute Gasteiger partial charge is 0.136 e. The normalized spacial score (nSPS) is 26.8. The summed E-state index contributed by atoms with van der Waals surface area (Å²) >= 11 is 0. The van der Waals surface area contributed by atoms with Crippen LogP contribution in [0.3, 0.4) is 0 Å². The van der Waals surface area contributed by atoms with Crippen LogP contribution in [0.4, 0.5) is 0 Å². The van der Waals surface area contributed by atoms with Gasteiger partial charge in [0.1, 0.15) is 6.10 Å². The Kier molecular flexibility index (Phi) is 1.42. The van der Waals surface area contributed by atoms with E-state index in [4.69, 9.17) is 4.74 Å². The summed E-state index contributed by atoms with van der Waals surface area (Å²) in [5.41, 5.74) is 1.24. The molecule has 0 saturated heterocycles. The third kappa shape index (κ3) is 1.27. The Bertz CT molecular complexity index is 279. The van der Waals surface area contributed by atoms with Gasteiger partial charge < -0.3 is 4.74 Å². The van der Waals surface area contributed by atoms with E-state index in [-0.39, 0.29) is 6.10 Å². The SMILES string of the molecule is CC1=CC2=CC(C=CC=C2)O1. The van der Waals surface area contributed by atoms with Crippen molar-refractivity contribution in [3.63, 3.8) is 0 Å². The Labute approximate surface area is 66.4 Å². The van der Waals surface area contributed by atoms with E-state index in [1.54, 1.807) is 0 Å². The fourth-order valence-electron chi connectivity index (χ4n) is 1.29. The summed E-state index contributed by atoms with van der Waals surface area (Å²) in [5, 5.41) is 0. The molecule has 2 rings (SSSR count). The Balaban J connectivity index is 2.38. The lowest BCUT2D eigenvalue weighted by molar-refractivity contribution is 0.188. The predicted octanol–water partition coefficient (Wildman–Crippen LogP) is 2.34. The maximum atomic E-state index is 5.50. The predicted molar refractivity (Wildman–Crippen MR) is 45.0 cm³/mol. The topological polar surface area (TPSA) is 9.23 Å². The minimum Gasteiger partial charge on any atom is -0.487 e. The molecule has 0 aromatic carbocycles. The fourth-order valence-corrected chi connectivity index (χ4v) is 1.29. The van der Waals surface area contributed by atoms with Crippen molar-refractivity contribution in [2.75, 3.05) is 0 Å². The van der Waals surface area contributed by atoms with Crippen molar-refractivity contribution in [1.82, 2.24) is 0 Å². The van der Waals surface area contributed by atoms with Crippen molar-refractivity contribution in [2.45, 2.75) is 13.0 Å². The highest BCUT2D eigenvalue weighted by atomic mass is 16.5. The third-order valence-corrected chi connectivity index (χ3v) is 1.75. The highest BCUT2D eigenvalue weighted by Crippen LogP contribution is 2.19. The van der Waals surface area contributed by atoms with E-state index in [0.29, 0.717) is 0 Å². The van der Waals surface area contributed by atoms with Gasteiger partial charge in [-0.3, -0.25) is 0 Å². The first-order chi connectivity index (χ1) is 5.34. The number of ether oxygens (including phenoxy) is 1. The van der Waals surface area contributed by atoms with E-state index in [1.165, 1.54) is 5.57 Å². The van der Waals surface area contributed by atoms with Gasteiger partial charge in [-0.05, 0) is 30.7 Å². The molecule has 0 saturated carbocycles. The largest absolute Gasteiger partial charge is 0.487 e. The summed E-state index contributed by atoms with van der Waals surface area (Å²) in [5.74, 6) is 0.990. The van der Waals surface area contributed by atoms with Gasteiger partial charge in [-0.25, -0.2) is 0 Å². The van der Waals surface area contributed by atoms with E-state index in [1.807, 2.05) is 31.2 Å².